The Kier molecular flexibility index (Phi) is 5.67. The van der Waals surface area contributed by atoms with Gasteiger partial charge in [-0.3, -0.25) is 14.7 Å². The van der Waals surface area contributed by atoms with E-state index < -0.39 is 29.5 Å². The monoisotopic (exact) mass is 403 g/mol. The first-order chi connectivity index (χ1) is 13.7. The molecule has 0 bridgehead atoms. The number of carbonyl (C=O) groups is 2. The fraction of sp³-hybridized carbons (Fsp3) is 0.150. The summed E-state index contributed by atoms with van der Waals surface area (Å²) in [5, 5.41) is 17.0. The van der Waals surface area contributed by atoms with Crippen molar-refractivity contribution in [1.29, 1.82) is 0 Å². The second kappa shape index (κ2) is 8.17. The Labute approximate surface area is 163 Å². The number of nitrogens with one attached hydrogen (secondary N) is 2. The second-order valence-electron chi connectivity index (χ2n) is 6.40. The van der Waals surface area contributed by atoms with Crippen LogP contribution in [0, 0.1) is 24.5 Å². The Morgan fingerprint density at radius 1 is 1.17 bits per heavy atom. The molecule has 3 aromatic rings. The van der Waals surface area contributed by atoms with Crippen LogP contribution >= 0.6 is 0 Å². The molecule has 1 aromatic heterocycles. The van der Waals surface area contributed by atoms with Crippen LogP contribution in [-0.4, -0.2) is 27.2 Å². The van der Waals surface area contributed by atoms with Crippen molar-refractivity contribution in [1.82, 2.24) is 10.2 Å². The molecule has 0 unspecified atom stereocenters. The Hall–Kier alpha value is -3.62. The number of nitrogens with zero attached hydrogens (tertiary/aromatic N) is 1. The van der Waals surface area contributed by atoms with Gasteiger partial charge in [0, 0.05) is 29.3 Å². The third kappa shape index (κ3) is 4.63. The van der Waals surface area contributed by atoms with E-state index >= 15 is 0 Å². The van der Waals surface area contributed by atoms with Gasteiger partial charge in [0.25, 0.3) is 0 Å². The van der Waals surface area contributed by atoms with Crippen LogP contribution in [0.3, 0.4) is 0 Å². The van der Waals surface area contributed by atoms with Crippen molar-refractivity contribution in [3.63, 3.8) is 0 Å². The number of halogens is 3. The Bertz CT molecular complexity index is 1140. The van der Waals surface area contributed by atoms with E-state index in [-0.39, 0.29) is 40.6 Å². The van der Waals surface area contributed by atoms with Gasteiger partial charge in [0.15, 0.2) is 0 Å². The fourth-order valence-corrected chi connectivity index (χ4v) is 2.75. The summed E-state index contributed by atoms with van der Waals surface area (Å²) in [5.74, 6) is -3.80. The minimum absolute atomic E-state index is 0.00613. The molecule has 0 atom stereocenters. The van der Waals surface area contributed by atoms with Crippen molar-refractivity contribution < 1.29 is 27.9 Å². The normalized spacial score (nSPS) is 11.3. The molecule has 150 valence electrons. The number of hydrogen-bond donors (Lipinski definition) is 3. The van der Waals surface area contributed by atoms with E-state index in [1.165, 1.54) is 31.2 Å². The summed E-state index contributed by atoms with van der Waals surface area (Å²) in [6.07, 6.45) is 2.18. The number of carbonyl (C=O) groups excluding carboxylic acids is 1. The summed E-state index contributed by atoms with van der Waals surface area (Å²) in [4.78, 5) is 22.9. The molecule has 6 nitrogen and oxygen atoms in total. The summed E-state index contributed by atoms with van der Waals surface area (Å²) >= 11 is 0. The van der Waals surface area contributed by atoms with Crippen molar-refractivity contribution in [2.45, 2.75) is 19.8 Å². The van der Waals surface area contributed by atoms with Crippen LogP contribution in [-0.2, 0) is 16.0 Å². The number of amides is 1. The molecule has 0 fully saturated rings. The van der Waals surface area contributed by atoms with Crippen LogP contribution in [0.2, 0.25) is 0 Å². The number of carboxylic acids is 1. The van der Waals surface area contributed by atoms with Crippen LogP contribution in [0.1, 0.15) is 23.1 Å². The van der Waals surface area contributed by atoms with E-state index in [0.717, 1.165) is 12.1 Å². The Morgan fingerprint density at radius 3 is 2.66 bits per heavy atom. The maximum Gasteiger partial charge on any atom is 0.303 e. The number of aromatic nitrogens is 2. The summed E-state index contributed by atoms with van der Waals surface area (Å²) in [6.45, 7) is 1.47. The largest absolute Gasteiger partial charge is 0.481 e. The van der Waals surface area contributed by atoms with Crippen LogP contribution in [0.15, 0.2) is 30.3 Å². The van der Waals surface area contributed by atoms with E-state index in [1.54, 1.807) is 0 Å². The van der Waals surface area contributed by atoms with E-state index in [4.69, 9.17) is 5.11 Å². The van der Waals surface area contributed by atoms with Gasteiger partial charge in [-0.1, -0.05) is 0 Å². The molecular formula is C20H16F3N3O3. The summed E-state index contributed by atoms with van der Waals surface area (Å²) in [7, 11) is 0. The molecule has 0 radical (unpaired) electrons. The minimum atomic E-state index is -1.02. The van der Waals surface area contributed by atoms with Crippen molar-refractivity contribution in [2.75, 3.05) is 5.32 Å². The molecule has 0 aliphatic rings. The SMILES string of the molecule is Cc1c(F)cc(CCC(=O)O)cc1NC(=O)/C=C/c1cc2[nH]nc(F)c2cc1F. The molecule has 0 saturated carbocycles. The molecule has 2 aromatic carbocycles. The molecule has 0 aliphatic carbocycles. The lowest BCUT2D eigenvalue weighted by Crippen LogP contribution is -2.10. The van der Waals surface area contributed by atoms with Crippen molar-refractivity contribution in [3.8, 4) is 0 Å². The molecule has 0 spiro atoms. The van der Waals surface area contributed by atoms with Crippen molar-refractivity contribution in [3.05, 3.63) is 64.6 Å². The van der Waals surface area contributed by atoms with Gasteiger partial charge in [0.2, 0.25) is 11.9 Å². The molecule has 3 N–H and O–H groups in total. The number of carboxylic acid groups (broad SMARTS) is 1. The smallest absolute Gasteiger partial charge is 0.303 e. The van der Waals surface area contributed by atoms with E-state index in [2.05, 4.69) is 15.5 Å². The summed E-state index contributed by atoms with van der Waals surface area (Å²) in [5.41, 5.74) is 1.10. The predicted octanol–water partition coefficient (Wildman–Crippen LogP) is 3.96. The van der Waals surface area contributed by atoms with Crippen molar-refractivity contribution in [2.24, 2.45) is 0 Å². The van der Waals surface area contributed by atoms with Gasteiger partial charge in [-0.25, -0.2) is 8.78 Å². The molecule has 1 heterocycles. The maximum atomic E-state index is 14.1. The minimum Gasteiger partial charge on any atom is -0.481 e. The number of benzene rings is 2. The van der Waals surface area contributed by atoms with E-state index in [0.29, 0.717) is 5.56 Å². The highest BCUT2D eigenvalue weighted by atomic mass is 19.1. The lowest BCUT2D eigenvalue weighted by Gasteiger charge is -2.10. The molecule has 0 saturated heterocycles. The van der Waals surface area contributed by atoms with Gasteiger partial charge >= 0.3 is 5.97 Å². The fourth-order valence-electron chi connectivity index (χ4n) is 2.75. The first-order valence-corrected chi connectivity index (χ1v) is 8.57. The van der Waals surface area contributed by atoms with Crippen LogP contribution in [0.5, 0.6) is 0 Å². The van der Waals surface area contributed by atoms with Crippen LogP contribution in [0.25, 0.3) is 17.0 Å². The zero-order valence-electron chi connectivity index (χ0n) is 15.2. The van der Waals surface area contributed by atoms with Gasteiger partial charge in [0.1, 0.15) is 11.6 Å². The zero-order valence-corrected chi connectivity index (χ0v) is 15.2. The molecule has 3 rings (SSSR count). The standard InChI is InChI=1S/C20H16F3N3O3/c1-10-14(21)6-11(2-5-19(28)29)7-16(10)24-18(27)4-3-12-8-17-13(9-15(12)22)20(23)26-25-17/h3-4,6-9H,2,5H2,1H3,(H,24,27)(H,25,26)(H,28,29)/b4-3+. The van der Waals surface area contributed by atoms with Gasteiger partial charge in [-0.05, 0) is 49.2 Å². The highest BCUT2D eigenvalue weighted by molar-refractivity contribution is 6.02. The highest BCUT2D eigenvalue weighted by Crippen LogP contribution is 2.23. The number of aryl methyl sites for hydroxylation is 1. The number of aromatic amines is 1. The average Bonchev–Trinajstić information content (AvgIpc) is 3.01. The van der Waals surface area contributed by atoms with E-state index in [1.807, 2.05) is 0 Å². The first-order valence-electron chi connectivity index (χ1n) is 8.57. The number of H-pyrrole nitrogens is 1. The Balaban J connectivity index is 1.78. The van der Waals surface area contributed by atoms with Crippen LogP contribution < -0.4 is 5.32 Å². The second-order valence-corrected chi connectivity index (χ2v) is 6.40. The Morgan fingerprint density at radius 2 is 1.93 bits per heavy atom. The lowest BCUT2D eigenvalue weighted by atomic mass is 10.0. The molecule has 9 heteroatoms. The molecule has 1 amide bonds. The van der Waals surface area contributed by atoms with Crippen molar-refractivity contribution >= 4 is 34.5 Å². The van der Waals surface area contributed by atoms with Gasteiger partial charge in [-0.15, -0.1) is 5.10 Å². The topological polar surface area (TPSA) is 95.1 Å². The quantitative estimate of drug-likeness (QED) is 0.543. The maximum absolute atomic E-state index is 14.1. The molecule has 0 aliphatic heterocycles. The number of anilines is 1. The van der Waals surface area contributed by atoms with Gasteiger partial charge in [0.05, 0.1) is 10.9 Å². The zero-order chi connectivity index (χ0) is 21.1. The van der Waals surface area contributed by atoms with Gasteiger partial charge < -0.3 is 10.4 Å². The molecular weight excluding hydrogens is 387 g/mol. The number of rotatable bonds is 6. The molecule has 29 heavy (non-hydrogen) atoms. The number of hydrogen-bond acceptors (Lipinski definition) is 3. The highest BCUT2D eigenvalue weighted by Gasteiger charge is 2.12. The van der Waals surface area contributed by atoms with Crippen LogP contribution in [0.4, 0.5) is 18.9 Å². The first kappa shape index (κ1) is 20.1. The number of aliphatic carboxylic acids is 1. The summed E-state index contributed by atoms with van der Waals surface area (Å²) in [6, 6.07) is 4.99. The third-order valence-electron chi connectivity index (χ3n) is 4.34. The average molecular weight is 403 g/mol. The lowest BCUT2D eigenvalue weighted by molar-refractivity contribution is -0.137. The van der Waals surface area contributed by atoms with E-state index in [9.17, 15) is 22.8 Å². The predicted molar refractivity (Wildman–Crippen MR) is 101 cm³/mol. The third-order valence-corrected chi connectivity index (χ3v) is 4.34. The summed E-state index contributed by atoms with van der Waals surface area (Å²) < 4.78 is 41.5. The van der Waals surface area contributed by atoms with Gasteiger partial charge in [-0.2, -0.15) is 4.39 Å². The number of fused-ring (bicyclic) bond motifs is 1.